The first kappa shape index (κ1) is 15.1. The Morgan fingerprint density at radius 3 is 2.43 bits per heavy atom. The maximum Gasteiger partial charge on any atom is 0.323 e. The summed E-state index contributed by atoms with van der Waals surface area (Å²) in [7, 11) is 0. The number of carbonyl (C=O) groups is 2. The zero-order valence-corrected chi connectivity index (χ0v) is 11.7. The normalized spacial score (nSPS) is 14.2. The van der Waals surface area contributed by atoms with Gasteiger partial charge in [0.15, 0.2) is 0 Å². The second-order valence-corrected chi connectivity index (χ2v) is 5.03. The van der Waals surface area contributed by atoms with E-state index in [9.17, 15) is 9.59 Å². The molecule has 1 aliphatic heterocycles. The fourth-order valence-corrected chi connectivity index (χ4v) is 2.39. The Morgan fingerprint density at radius 2 is 1.90 bits per heavy atom. The Morgan fingerprint density at radius 1 is 1.19 bits per heavy atom. The van der Waals surface area contributed by atoms with Gasteiger partial charge in [0.25, 0.3) is 0 Å². The zero-order chi connectivity index (χ0) is 15.2. The van der Waals surface area contributed by atoms with Crippen molar-refractivity contribution in [1.29, 1.82) is 0 Å². The highest BCUT2D eigenvalue weighted by Gasteiger charge is 2.16. The number of nitrogens with zero attached hydrogens (tertiary/aromatic N) is 3. The van der Waals surface area contributed by atoms with Gasteiger partial charge in [-0.1, -0.05) is 0 Å². The fourth-order valence-electron chi connectivity index (χ4n) is 2.39. The van der Waals surface area contributed by atoms with E-state index in [1.54, 1.807) is 12.3 Å². The summed E-state index contributed by atoms with van der Waals surface area (Å²) < 4.78 is 0. The number of anilines is 2. The molecule has 2 N–H and O–H groups in total. The average molecular weight is 293 g/mol. The van der Waals surface area contributed by atoms with Gasteiger partial charge in [0.2, 0.25) is 0 Å². The second kappa shape index (κ2) is 6.92. The van der Waals surface area contributed by atoms with E-state index in [1.807, 2.05) is 6.07 Å². The summed E-state index contributed by atoms with van der Waals surface area (Å²) >= 11 is 0. The van der Waals surface area contributed by atoms with Gasteiger partial charge in [-0.25, -0.2) is 4.98 Å². The summed E-state index contributed by atoms with van der Waals surface area (Å²) in [6.45, 7) is 1.89. The Bertz CT molecular complexity index is 497. The smallest absolute Gasteiger partial charge is 0.323 e. The standard InChI is InChI=1S/C14H19N3O4/c18-13(19)5-8-17(10-14(20)21)11-3-4-12(15-9-11)16-6-1-2-7-16/h3-4,9H,1-2,5-8,10H2,(H,18,19)(H,20,21). The van der Waals surface area contributed by atoms with Gasteiger partial charge in [0, 0.05) is 19.6 Å². The predicted molar refractivity (Wildman–Crippen MR) is 77.8 cm³/mol. The van der Waals surface area contributed by atoms with Crippen LogP contribution >= 0.6 is 0 Å². The van der Waals surface area contributed by atoms with Crippen LogP contribution in [-0.2, 0) is 9.59 Å². The molecule has 0 spiro atoms. The number of hydrogen-bond acceptors (Lipinski definition) is 5. The van der Waals surface area contributed by atoms with Crippen molar-refractivity contribution in [3.05, 3.63) is 18.3 Å². The average Bonchev–Trinajstić information content (AvgIpc) is 2.97. The topological polar surface area (TPSA) is 94.0 Å². The molecule has 0 atom stereocenters. The molecule has 0 saturated carbocycles. The minimum absolute atomic E-state index is 0.110. The number of hydrogen-bond donors (Lipinski definition) is 2. The lowest BCUT2D eigenvalue weighted by Crippen LogP contribution is -2.32. The Balaban J connectivity index is 2.07. The van der Waals surface area contributed by atoms with Gasteiger partial charge in [-0.05, 0) is 25.0 Å². The van der Waals surface area contributed by atoms with E-state index in [0.29, 0.717) is 5.69 Å². The van der Waals surface area contributed by atoms with E-state index in [-0.39, 0.29) is 19.5 Å². The third-order valence-corrected chi connectivity index (χ3v) is 3.45. The lowest BCUT2D eigenvalue weighted by Gasteiger charge is -2.23. The van der Waals surface area contributed by atoms with Crippen molar-refractivity contribution < 1.29 is 19.8 Å². The SMILES string of the molecule is O=C(O)CCN(CC(=O)O)c1ccc(N2CCCC2)nc1. The van der Waals surface area contributed by atoms with Crippen LogP contribution in [0.15, 0.2) is 18.3 Å². The fraction of sp³-hybridized carbons (Fsp3) is 0.500. The monoisotopic (exact) mass is 293 g/mol. The molecule has 1 aromatic heterocycles. The summed E-state index contributed by atoms with van der Waals surface area (Å²) in [5.41, 5.74) is 0.626. The lowest BCUT2D eigenvalue weighted by molar-refractivity contribution is -0.138. The first-order valence-corrected chi connectivity index (χ1v) is 6.96. The molecule has 0 amide bonds. The molecule has 7 heteroatoms. The third kappa shape index (κ3) is 4.34. The van der Waals surface area contributed by atoms with E-state index < -0.39 is 11.9 Å². The maximum absolute atomic E-state index is 10.9. The Hall–Kier alpha value is -2.31. The molecule has 1 fully saturated rings. The Kier molecular flexibility index (Phi) is 4.97. The summed E-state index contributed by atoms with van der Waals surface area (Å²) in [6.07, 6.45) is 3.82. The Labute approximate surface area is 122 Å². The van der Waals surface area contributed by atoms with Crippen LogP contribution in [0.5, 0.6) is 0 Å². The molecule has 0 aliphatic carbocycles. The minimum Gasteiger partial charge on any atom is -0.481 e. The molecule has 1 aromatic rings. The van der Waals surface area contributed by atoms with Gasteiger partial charge in [-0.15, -0.1) is 0 Å². The van der Waals surface area contributed by atoms with Crippen molar-refractivity contribution in [2.24, 2.45) is 0 Å². The van der Waals surface area contributed by atoms with Gasteiger partial charge < -0.3 is 20.0 Å². The number of pyridine rings is 1. The van der Waals surface area contributed by atoms with Gasteiger partial charge >= 0.3 is 11.9 Å². The van der Waals surface area contributed by atoms with Crippen LogP contribution in [0.2, 0.25) is 0 Å². The number of aromatic nitrogens is 1. The van der Waals surface area contributed by atoms with Crippen molar-refractivity contribution in [3.63, 3.8) is 0 Å². The summed E-state index contributed by atoms with van der Waals surface area (Å²) in [5.74, 6) is -1.07. The van der Waals surface area contributed by atoms with Crippen molar-refractivity contribution >= 4 is 23.4 Å². The molecule has 2 heterocycles. The van der Waals surface area contributed by atoms with E-state index in [0.717, 1.165) is 31.7 Å². The van der Waals surface area contributed by atoms with Gasteiger partial charge in [0.1, 0.15) is 12.4 Å². The largest absolute Gasteiger partial charge is 0.481 e. The molecule has 0 aromatic carbocycles. The van der Waals surface area contributed by atoms with Crippen LogP contribution in [0.4, 0.5) is 11.5 Å². The molecule has 0 bridgehead atoms. The van der Waals surface area contributed by atoms with Crippen LogP contribution in [0.3, 0.4) is 0 Å². The van der Waals surface area contributed by atoms with Gasteiger partial charge in [-0.2, -0.15) is 0 Å². The predicted octanol–water partition coefficient (Wildman–Crippen LogP) is 1.05. The third-order valence-electron chi connectivity index (χ3n) is 3.45. The van der Waals surface area contributed by atoms with E-state index in [2.05, 4.69) is 9.88 Å². The first-order valence-electron chi connectivity index (χ1n) is 6.96. The van der Waals surface area contributed by atoms with Gasteiger partial charge in [-0.3, -0.25) is 9.59 Å². The van der Waals surface area contributed by atoms with Crippen LogP contribution in [0, 0.1) is 0 Å². The van der Waals surface area contributed by atoms with Crippen molar-refractivity contribution in [1.82, 2.24) is 4.98 Å². The quantitative estimate of drug-likeness (QED) is 0.776. The van der Waals surface area contributed by atoms with Crippen LogP contribution in [0.1, 0.15) is 19.3 Å². The number of carboxylic acid groups (broad SMARTS) is 2. The van der Waals surface area contributed by atoms with Crippen LogP contribution in [-0.4, -0.2) is 53.3 Å². The summed E-state index contributed by atoms with van der Waals surface area (Å²) in [4.78, 5) is 29.6. The number of aliphatic carboxylic acids is 2. The summed E-state index contributed by atoms with van der Waals surface area (Å²) in [5, 5.41) is 17.7. The van der Waals surface area contributed by atoms with E-state index in [4.69, 9.17) is 10.2 Å². The lowest BCUT2D eigenvalue weighted by atomic mass is 10.3. The van der Waals surface area contributed by atoms with Crippen molar-refractivity contribution in [2.75, 3.05) is 36.0 Å². The number of rotatable bonds is 7. The first-order chi connectivity index (χ1) is 10.1. The minimum atomic E-state index is -0.996. The van der Waals surface area contributed by atoms with Crippen LogP contribution in [0.25, 0.3) is 0 Å². The van der Waals surface area contributed by atoms with E-state index in [1.165, 1.54) is 4.90 Å². The highest BCUT2D eigenvalue weighted by atomic mass is 16.4. The van der Waals surface area contributed by atoms with Crippen molar-refractivity contribution in [2.45, 2.75) is 19.3 Å². The van der Waals surface area contributed by atoms with E-state index >= 15 is 0 Å². The molecule has 21 heavy (non-hydrogen) atoms. The molecular weight excluding hydrogens is 274 g/mol. The molecule has 0 radical (unpaired) electrons. The molecule has 1 aliphatic rings. The highest BCUT2D eigenvalue weighted by molar-refractivity contribution is 5.74. The van der Waals surface area contributed by atoms with Gasteiger partial charge in [0.05, 0.1) is 18.3 Å². The maximum atomic E-state index is 10.9. The second-order valence-electron chi connectivity index (χ2n) is 5.03. The molecular formula is C14H19N3O4. The van der Waals surface area contributed by atoms with Crippen LogP contribution < -0.4 is 9.80 Å². The molecule has 2 rings (SSSR count). The molecule has 7 nitrogen and oxygen atoms in total. The molecule has 0 unspecified atom stereocenters. The number of carboxylic acids is 2. The molecule has 114 valence electrons. The molecule has 1 saturated heterocycles. The summed E-state index contributed by atoms with van der Waals surface area (Å²) in [6, 6.07) is 3.65. The van der Waals surface area contributed by atoms with Crippen molar-refractivity contribution in [3.8, 4) is 0 Å². The highest BCUT2D eigenvalue weighted by Crippen LogP contribution is 2.21. The zero-order valence-electron chi connectivity index (χ0n) is 11.7.